The first kappa shape index (κ1) is 52.1. The number of benzene rings is 4. The zero-order valence-corrected chi connectivity index (χ0v) is 44.3. The number of thiophene rings is 1. The third-order valence-corrected chi connectivity index (χ3v) is 16.1. The van der Waals surface area contributed by atoms with E-state index in [-0.39, 0.29) is 48.9 Å². The average Bonchev–Trinajstić information content (AvgIpc) is 4.08. The third kappa shape index (κ3) is 13.3. The number of nitrogens with zero attached hydrogens (tertiary/aromatic N) is 4. The quantitative estimate of drug-likeness (QED) is 0.0627. The first-order valence-electron chi connectivity index (χ1n) is 24.3. The normalized spacial score (nSPS) is 17.6. The summed E-state index contributed by atoms with van der Waals surface area (Å²) in [4.78, 5) is 54.4. The number of halogens is 1. The van der Waals surface area contributed by atoms with Gasteiger partial charge < -0.3 is 34.6 Å². The monoisotopic (exact) mass is 1070 g/mol. The molecule has 2 amide bonds. The number of piperazine rings is 1. The van der Waals surface area contributed by atoms with Crippen LogP contribution in [-0.2, 0) is 19.1 Å². The Morgan fingerprint density at radius 3 is 2.17 bits per heavy atom. The third-order valence-electron chi connectivity index (χ3n) is 13.4. The van der Waals surface area contributed by atoms with E-state index in [4.69, 9.17) is 14.2 Å². The number of ketones is 1. The van der Waals surface area contributed by atoms with E-state index >= 15 is 0 Å². The number of likely N-dealkylation sites (tertiary alicyclic amines) is 1. The van der Waals surface area contributed by atoms with Crippen LogP contribution in [-0.4, -0.2) is 126 Å². The fourth-order valence-electron chi connectivity index (χ4n) is 9.32. The van der Waals surface area contributed by atoms with Crippen molar-refractivity contribution in [2.45, 2.75) is 59.5 Å². The van der Waals surface area contributed by atoms with Crippen molar-refractivity contribution in [1.82, 2.24) is 25.0 Å². The van der Waals surface area contributed by atoms with Crippen molar-refractivity contribution < 1.29 is 38.8 Å². The molecule has 6 aromatic rings. The highest BCUT2D eigenvalue weighted by Gasteiger charge is 2.44. The molecular weight excluding hydrogens is 1000 g/mol. The maximum Gasteiger partial charge on any atom is 0.243 e. The minimum atomic E-state index is -0.704. The molecule has 4 heterocycles. The molecular formula is C55H64BrN5O8S2. The second kappa shape index (κ2) is 23.6. The van der Waals surface area contributed by atoms with Crippen LogP contribution in [0.3, 0.4) is 0 Å². The zero-order chi connectivity index (χ0) is 50.2. The van der Waals surface area contributed by atoms with Gasteiger partial charge in [-0.2, -0.15) is 0 Å². The number of hydrogen-bond acceptors (Lipinski definition) is 13. The Labute approximate surface area is 432 Å². The smallest absolute Gasteiger partial charge is 0.243 e. The van der Waals surface area contributed by atoms with Crippen LogP contribution < -0.4 is 14.8 Å². The van der Waals surface area contributed by atoms with Gasteiger partial charge in [-0.3, -0.25) is 24.2 Å². The molecule has 3 N–H and O–H groups in total. The van der Waals surface area contributed by atoms with E-state index in [1.165, 1.54) is 0 Å². The summed E-state index contributed by atoms with van der Waals surface area (Å²) >= 11 is 6.67. The molecule has 0 saturated carbocycles. The number of Topliss-reactive ketones (excluding diaryl/α,β-unsaturated/α-hetero) is 1. The number of fused-ring (bicyclic) bond motifs is 1. The second-order valence-corrected chi connectivity index (χ2v) is 22.6. The van der Waals surface area contributed by atoms with Gasteiger partial charge >= 0.3 is 0 Å². The number of phenols is 1. The molecule has 0 spiro atoms. The number of hydrogen-bond donors (Lipinski definition) is 3. The fourth-order valence-corrected chi connectivity index (χ4v) is 11.6. The number of aliphatic hydroxyl groups is 1. The first-order chi connectivity index (χ1) is 34.1. The van der Waals surface area contributed by atoms with Crippen LogP contribution in [0.2, 0.25) is 0 Å². The molecule has 0 aliphatic carbocycles. The minimum Gasteiger partial charge on any atom is -0.508 e. The predicted octanol–water partition coefficient (Wildman–Crippen LogP) is 9.98. The van der Waals surface area contributed by atoms with Crippen molar-refractivity contribution in [3.8, 4) is 43.9 Å². The number of aryl methyl sites for hydroxylation is 1. The lowest BCUT2D eigenvalue weighted by Gasteiger charge is -2.35. The van der Waals surface area contributed by atoms with E-state index in [1.54, 1.807) is 39.7 Å². The Kier molecular flexibility index (Phi) is 17.3. The van der Waals surface area contributed by atoms with Crippen LogP contribution in [0.25, 0.3) is 31.0 Å². The molecule has 0 bridgehead atoms. The van der Waals surface area contributed by atoms with Crippen LogP contribution in [0, 0.1) is 24.2 Å². The number of nitrogens with one attached hydrogen (secondary N) is 1. The van der Waals surface area contributed by atoms with Gasteiger partial charge in [-0.05, 0) is 96.0 Å². The van der Waals surface area contributed by atoms with E-state index in [0.717, 1.165) is 90.9 Å². The number of phenolic OH excluding ortho intramolecular Hbond substituents is 1. The highest BCUT2D eigenvalue weighted by atomic mass is 79.9. The highest BCUT2D eigenvalue weighted by Crippen LogP contribution is 2.47. The molecule has 0 radical (unpaired) electrons. The number of carbonyl (C=O) groups is 3. The van der Waals surface area contributed by atoms with E-state index < -0.39 is 23.4 Å². The maximum atomic E-state index is 14.3. The Morgan fingerprint density at radius 2 is 1.52 bits per heavy atom. The summed E-state index contributed by atoms with van der Waals surface area (Å²) in [6, 6.07) is 27.5. The van der Waals surface area contributed by atoms with Gasteiger partial charge in [0.05, 0.1) is 40.2 Å². The lowest BCUT2D eigenvalue weighted by atomic mass is 9.77. The Bertz CT molecular complexity index is 2750. The Morgan fingerprint density at radius 1 is 0.873 bits per heavy atom. The summed E-state index contributed by atoms with van der Waals surface area (Å²) in [5, 5.41) is 24.4. The molecule has 2 saturated heterocycles. The molecule has 16 heteroatoms. The molecule has 13 nitrogen and oxygen atoms in total. The topological polar surface area (TPSA) is 154 Å². The SMILES string of the molecule is Cc1ncsc1-c1ccc([C@H](CO)NC(=O)[C@@H]2C[C@@H](C)CN2C(=O)[C@@H](CC(=O)COCCN2CCN(CCOc3ccc(Oc4c(-c5ccc(Br)cc5)sc5cc(O)ccc45)cc3)CC2)C(C)(C)C)cc1. The molecule has 376 valence electrons. The van der Waals surface area contributed by atoms with Gasteiger partial charge in [-0.25, -0.2) is 4.98 Å². The highest BCUT2D eigenvalue weighted by molar-refractivity contribution is 9.10. The number of thiazole rings is 1. The first-order valence-corrected chi connectivity index (χ1v) is 26.8. The fraction of sp³-hybridized carbons (Fsp3) is 0.418. The maximum absolute atomic E-state index is 14.3. The van der Waals surface area contributed by atoms with Crippen molar-refractivity contribution in [3.63, 3.8) is 0 Å². The van der Waals surface area contributed by atoms with Gasteiger partial charge in [-0.15, -0.1) is 22.7 Å². The summed E-state index contributed by atoms with van der Waals surface area (Å²) in [5.74, 6) is 1.24. The van der Waals surface area contributed by atoms with Gasteiger partial charge in [0, 0.05) is 72.7 Å². The summed E-state index contributed by atoms with van der Waals surface area (Å²) < 4.78 is 20.5. The van der Waals surface area contributed by atoms with Crippen LogP contribution >= 0.6 is 38.6 Å². The number of amides is 2. The van der Waals surface area contributed by atoms with Gasteiger partial charge in [0.1, 0.15) is 36.5 Å². The van der Waals surface area contributed by atoms with Crippen molar-refractivity contribution in [2.75, 3.05) is 72.2 Å². The van der Waals surface area contributed by atoms with Crippen LogP contribution in [0.5, 0.6) is 23.0 Å². The summed E-state index contributed by atoms with van der Waals surface area (Å²) in [6.07, 6.45) is 0.526. The van der Waals surface area contributed by atoms with Crippen molar-refractivity contribution in [1.29, 1.82) is 0 Å². The van der Waals surface area contributed by atoms with Crippen LogP contribution in [0.1, 0.15) is 57.8 Å². The van der Waals surface area contributed by atoms with E-state index in [0.29, 0.717) is 38.5 Å². The lowest BCUT2D eigenvalue weighted by Crippen LogP contribution is -2.51. The molecule has 2 aromatic heterocycles. The van der Waals surface area contributed by atoms with Crippen LogP contribution in [0.4, 0.5) is 0 Å². The summed E-state index contributed by atoms with van der Waals surface area (Å²) in [5.41, 5.74) is 5.05. The Balaban J connectivity index is 0.746. The van der Waals surface area contributed by atoms with Gasteiger partial charge in [-0.1, -0.05) is 80.0 Å². The predicted molar refractivity (Wildman–Crippen MR) is 284 cm³/mol. The minimum absolute atomic E-state index is 0.0263. The lowest BCUT2D eigenvalue weighted by molar-refractivity contribution is -0.147. The van der Waals surface area contributed by atoms with E-state index in [9.17, 15) is 24.6 Å². The molecule has 2 fully saturated rings. The summed E-state index contributed by atoms with van der Waals surface area (Å²) in [7, 11) is 0. The van der Waals surface area contributed by atoms with Crippen molar-refractivity contribution in [2.24, 2.45) is 17.3 Å². The Hall–Kier alpha value is -5.20. The standard InChI is InChI=1S/C55H64BrN5O8S2/c1-35-28-48(53(65)58-47(32-62)37-6-8-38(9-7-37)51-36(2)57-34-70-51)61(31-35)54(66)46(55(3,4)5)29-42(64)33-67-26-24-59-20-22-60(23-21-59)25-27-68-43-15-17-44(18-16-43)69-50-45-19-14-41(63)30-49(45)71-52(50)39-10-12-40(56)13-11-39/h6-19,30,34-35,46-48,62-63H,20-29,31-33H2,1-5H3,(H,58,65)/t35-,46-,47+,48+/m1/s1. The molecule has 2 aliphatic rings. The molecule has 2 aliphatic heterocycles. The number of rotatable bonds is 20. The largest absolute Gasteiger partial charge is 0.508 e. The van der Waals surface area contributed by atoms with E-state index in [2.05, 4.69) is 36.0 Å². The molecule has 0 unspecified atom stereocenters. The van der Waals surface area contributed by atoms with Crippen molar-refractivity contribution in [3.05, 3.63) is 112 Å². The van der Waals surface area contributed by atoms with Gasteiger partial charge in [0.2, 0.25) is 11.8 Å². The number of aliphatic hydroxyl groups excluding tert-OH is 1. The van der Waals surface area contributed by atoms with Gasteiger partial charge in [0.15, 0.2) is 11.5 Å². The number of aromatic nitrogens is 1. The number of carbonyl (C=O) groups excluding carboxylic acids is 3. The van der Waals surface area contributed by atoms with Crippen LogP contribution in [0.15, 0.2) is 101 Å². The molecule has 4 atom stereocenters. The number of aromatic hydroxyl groups is 1. The zero-order valence-electron chi connectivity index (χ0n) is 41.1. The molecule has 4 aromatic carbocycles. The summed E-state index contributed by atoms with van der Waals surface area (Å²) in [6.45, 7) is 15.9. The van der Waals surface area contributed by atoms with E-state index in [1.807, 2.05) is 119 Å². The molecule has 8 rings (SSSR count). The average molecular weight is 1070 g/mol. The van der Waals surface area contributed by atoms with Crippen molar-refractivity contribution >= 4 is 66.3 Å². The molecule has 71 heavy (non-hydrogen) atoms. The number of ether oxygens (including phenoxy) is 3. The van der Waals surface area contributed by atoms with Gasteiger partial charge in [0.25, 0.3) is 0 Å². The second-order valence-electron chi connectivity index (χ2n) is 19.7.